The molecule has 1 aliphatic heterocycles. The van der Waals surface area contributed by atoms with Crippen molar-refractivity contribution in [3.63, 3.8) is 0 Å². The predicted molar refractivity (Wildman–Crippen MR) is 34.0 cm³/mol. The van der Waals surface area contributed by atoms with Gasteiger partial charge in [0.1, 0.15) is 6.79 Å². The molecule has 1 rings (SSSR count). The second kappa shape index (κ2) is 2.64. The first-order valence-corrected chi connectivity index (χ1v) is 3.19. The van der Waals surface area contributed by atoms with Crippen molar-refractivity contribution in [1.29, 1.82) is 0 Å². The van der Waals surface area contributed by atoms with Crippen molar-refractivity contribution in [3.05, 3.63) is 0 Å². The Hall–Kier alpha value is -0.120. The molecule has 3 nitrogen and oxygen atoms in total. The Morgan fingerprint density at radius 2 is 2.44 bits per heavy atom. The van der Waals surface area contributed by atoms with Gasteiger partial charge in [-0.1, -0.05) is 0 Å². The summed E-state index contributed by atoms with van der Waals surface area (Å²) in [4.78, 5) is 0. The number of rotatable bonds is 1. The van der Waals surface area contributed by atoms with Gasteiger partial charge in [0.2, 0.25) is 0 Å². The zero-order chi connectivity index (χ0) is 6.74. The van der Waals surface area contributed by atoms with E-state index in [1.54, 1.807) is 0 Å². The fraction of sp³-hybridized carbons (Fsp3) is 1.00. The molecule has 2 N–H and O–H groups in total. The Kier molecular flexibility index (Phi) is 2.05. The van der Waals surface area contributed by atoms with Crippen molar-refractivity contribution in [2.45, 2.75) is 18.9 Å². The Labute approximate surface area is 55.1 Å². The van der Waals surface area contributed by atoms with Gasteiger partial charge in [-0.25, -0.2) is 0 Å². The van der Waals surface area contributed by atoms with Crippen LogP contribution in [0.3, 0.4) is 0 Å². The van der Waals surface area contributed by atoms with E-state index in [4.69, 9.17) is 15.2 Å². The highest BCUT2D eigenvalue weighted by Gasteiger charge is 2.25. The Bertz CT molecular complexity index is 89.1. The van der Waals surface area contributed by atoms with E-state index in [0.29, 0.717) is 13.3 Å². The van der Waals surface area contributed by atoms with Gasteiger partial charge >= 0.3 is 0 Å². The van der Waals surface area contributed by atoms with Crippen molar-refractivity contribution in [3.8, 4) is 0 Å². The van der Waals surface area contributed by atoms with Crippen molar-refractivity contribution < 1.29 is 9.47 Å². The summed E-state index contributed by atoms with van der Waals surface area (Å²) in [5.74, 6) is 0. The van der Waals surface area contributed by atoms with Gasteiger partial charge in [-0.05, 0) is 6.92 Å². The maximum Gasteiger partial charge on any atom is 0.147 e. The number of ether oxygens (including phenoxy) is 2. The zero-order valence-electron chi connectivity index (χ0n) is 5.72. The minimum atomic E-state index is -0.127. The first-order valence-electron chi connectivity index (χ1n) is 3.19. The summed E-state index contributed by atoms with van der Waals surface area (Å²) in [5.41, 5.74) is 5.33. The largest absolute Gasteiger partial charge is 0.355 e. The molecule has 54 valence electrons. The molecule has 1 saturated heterocycles. The van der Waals surface area contributed by atoms with Gasteiger partial charge in [0.05, 0.1) is 12.2 Å². The Balaban J connectivity index is 2.37. The van der Waals surface area contributed by atoms with Gasteiger partial charge in [0, 0.05) is 13.0 Å². The minimum Gasteiger partial charge on any atom is -0.355 e. The predicted octanol–water partition coefficient (Wildman–Crippen LogP) is 0.0982. The molecule has 1 heterocycles. The summed E-state index contributed by atoms with van der Waals surface area (Å²) in [6.07, 6.45) is 0.906. The highest BCUT2D eigenvalue weighted by molar-refractivity contribution is 4.76. The highest BCUT2D eigenvalue weighted by atomic mass is 16.7. The number of hydrogen-bond donors (Lipinski definition) is 1. The third kappa shape index (κ3) is 1.64. The van der Waals surface area contributed by atoms with Crippen LogP contribution in [0.1, 0.15) is 13.3 Å². The van der Waals surface area contributed by atoms with Crippen molar-refractivity contribution in [2.24, 2.45) is 5.73 Å². The van der Waals surface area contributed by atoms with Crippen molar-refractivity contribution in [1.82, 2.24) is 0 Å². The van der Waals surface area contributed by atoms with E-state index in [2.05, 4.69) is 0 Å². The maximum atomic E-state index is 5.46. The molecule has 0 aromatic heterocycles. The van der Waals surface area contributed by atoms with E-state index in [1.165, 1.54) is 0 Å². The molecule has 0 aromatic carbocycles. The minimum absolute atomic E-state index is 0.127. The summed E-state index contributed by atoms with van der Waals surface area (Å²) >= 11 is 0. The van der Waals surface area contributed by atoms with E-state index >= 15 is 0 Å². The van der Waals surface area contributed by atoms with E-state index in [-0.39, 0.29) is 5.60 Å². The first kappa shape index (κ1) is 6.99. The van der Waals surface area contributed by atoms with Gasteiger partial charge < -0.3 is 15.2 Å². The van der Waals surface area contributed by atoms with Crippen LogP contribution in [0.15, 0.2) is 0 Å². The lowest BCUT2D eigenvalue weighted by atomic mass is 10.0. The van der Waals surface area contributed by atoms with Crippen molar-refractivity contribution in [2.75, 3.05) is 19.9 Å². The maximum absolute atomic E-state index is 5.46. The van der Waals surface area contributed by atoms with Gasteiger partial charge in [0.15, 0.2) is 0 Å². The molecular formula is C6H13NO2. The second-order valence-corrected chi connectivity index (χ2v) is 2.57. The van der Waals surface area contributed by atoms with Crippen LogP contribution in [0, 0.1) is 0 Å². The van der Waals surface area contributed by atoms with E-state index in [1.807, 2.05) is 6.92 Å². The lowest BCUT2D eigenvalue weighted by molar-refractivity contribution is -0.181. The van der Waals surface area contributed by atoms with Gasteiger partial charge in [-0.15, -0.1) is 0 Å². The quantitative estimate of drug-likeness (QED) is 0.549. The SMILES string of the molecule is CC1(CN)CCOCO1. The molecule has 0 aliphatic carbocycles. The third-order valence-electron chi connectivity index (χ3n) is 1.70. The molecule has 1 unspecified atom stereocenters. The van der Waals surface area contributed by atoms with Gasteiger partial charge in [-0.2, -0.15) is 0 Å². The number of nitrogens with two attached hydrogens (primary N) is 1. The van der Waals surface area contributed by atoms with Gasteiger partial charge in [0.25, 0.3) is 0 Å². The summed E-state index contributed by atoms with van der Waals surface area (Å²) in [6, 6.07) is 0. The van der Waals surface area contributed by atoms with Crippen LogP contribution in [0.25, 0.3) is 0 Å². The molecule has 1 atom stereocenters. The second-order valence-electron chi connectivity index (χ2n) is 2.57. The Morgan fingerprint density at radius 3 is 2.78 bits per heavy atom. The average Bonchev–Trinajstić information content (AvgIpc) is 1.90. The van der Waals surface area contributed by atoms with Crippen molar-refractivity contribution >= 4 is 0 Å². The van der Waals surface area contributed by atoms with Crippen LogP contribution in [0.2, 0.25) is 0 Å². The van der Waals surface area contributed by atoms with Crippen LogP contribution < -0.4 is 5.73 Å². The van der Waals surface area contributed by atoms with E-state index in [0.717, 1.165) is 13.0 Å². The molecule has 0 radical (unpaired) electrons. The van der Waals surface area contributed by atoms with Crippen LogP contribution in [0.5, 0.6) is 0 Å². The topological polar surface area (TPSA) is 44.5 Å². The summed E-state index contributed by atoms with van der Waals surface area (Å²) < 4.78 is 10.3. The lowest BCUT2D eigenvalue weighted by Crippen LogP contribution is -2.42. The molecule has 9 heavy (non-hydrogen) atoms. The third-order valence-corrected chi connectivity index (χ3v) is 1.70. The monoisotopic (exact) mass is 131 g/mol. The van der Waals surface area contributed by atoms with Crippen LogP contribution >= 0.6 is 0 Å². The molecule has 3 heteroatoms. The molecule has 0 saturated carbocycles. The van der Waals surface area contributed by atoms with Crippen LogP contribution in [-0.4, -0.2) is 25.5 Å². The van der Waals surface area contributed by atoms with Gasteiger partial charge in [-0.3, -0.25) is 0 Å². The fourth-order valence-electron chi connectivity index (χ4n) is 0.764. The summed E-state index contributed by atoms with van der Waals surface area (Å²) in [5, 5.41) is 0. The van der Waals surface area contributed by atoms with Crippen LogP contribution in [-0.2, 0) is 9.47 Å². The zero-order valence-corrected chi connectivity index (χ0v) is 5.72. The highest BCUT2D eigenvalue weighted by Crippen LogP contribution is 2.17. The number of hydrogen-bond acceptors (Lipinski definition) is 3. The van der Waals surface area contributed by atoms with Crippen LogP contribution in [0.4, 0.5) is 0 Å². The normalized spacial score (nSPS) is 36.7. The summed E-state index contributed by atoms with van der Waals surface area (Å²) in [6.45, 7) is 3.76. The Morgan fingerprint density at radius 1 is 1.67 bits per heavy atom. The first-order chi connectivity index (χ1) is 4.27. The lowest BCUT2D eigenvalue weighted by Gasteiger charge is -2.32. The molecule has 1 fully saturated rings. The standard InChI is InChI=1S/C6H13NO2/c1-6(4-7)2-3-8-5-9-6/h2-5,7H2,1H3. The molecule has 0 aromatic rings. The smallest absolute Gasteiger partial charge is 0.147 e. The van der Waals surface area contributed by atoms with E-state index in [9.17, 15) is 0 Å². The van der Waals surface area contributed by atoms with E-state index < -0.39 is 0 Å². The average molecular weight is 131 g/mol. The fourth-order valence-corrected chi connectivity index (χ4v) is 0.764. The molecule has 1 aliphatic rings. The molecule has 0 bridgehead atoms. The summed E-state index contributed by atoms with van der Waals surface area (Å²) in [7, 11) is 0. The molecular weight excluding hydrogens is 118 g/mol. The molecule has 0 spiro atoms. The molecule has 0 amide bonds.